The van der Waals surface area contributed by atoms with Gasteiger partial charge in [-0.05, 0) is 11.1 Å². The molecule has 0 saturated carbocycles. The van der Waals surface area contributed by atoms with Crippen LogP contribution in [0.25, 0.3) is 0 Å². The van der Waals surface area contributed by atoms with Crippen LogP contribution < -0.4 is 10.6 Å². The van der Waals surface area contributed by atoms with Crippen LogP contribution in [0.2, 0.25) is 0 Å². The number of rotatable bonds is 4. The first-order chi connectivity index (χ1) is 10.7. The summed E-state index contributed by atoms with van der Waals surface area (Å²) in [6.45, 7) is 0.778. The molecule has 22 heavy (non-hydrogen) atoms. The van der Waals surface area contributed by atoms with E-state index in [9.17, 15) is 9.59 Å². The highest BCUT2D eigenvalue weighted by molar-refractivity contribution is 6.02. The first-order valence-electron chi connectivity index (χ1n) is 6.89. The molecule has 0 spiro atoms. The van der Waals surface area contributed by atoms with Gasteiger partial charge in [0, 0.05) is 24.9 Å². The van der Waals surface area contributed by atoms with Gasteiger partial charge in [0.1, 0.15) is 0 Å². The topological polar surface area (TPSA) is 58.2 Å². The number of hydrogen-bond donors (Lipinski definition) is 2. The molecule has 2 amide bonds. The minimum absolute atomic E-state index is 0.389. The molecule has 110 valence electrons. The molecule has 0 radical (unpaired) electrons. The maximum atomic E-state index is 11.5. The summed E-state index contributed by atoms with van der Waals surface area (Å²) in [5.74, 6) is 3.61. The van der Waals surface area contributed by atoms with Crippen LogP contribution in [0.3, 0.4) is 0 Å². The van der Waals surface area contributed by atoms with Crippen LogP contribution in [0, 0.1) is 11.8 Å². The lowest BCUT2D eigenvalue weighted by atomic mass is 10.2. The fourth-order valence-electron chi connectivity index (χ4n) is 1.76. The van der Waals surface area contributed by atoms with Crippen molar-refractivity contribution in [1.82, 2.24) is 10.6 Å². The Bertz CT molecular complexity index is 626. The van der Waals surface area contributed by atoms with E-state index in [4.69, 9.17) is 0 Å². The summed E-state index contributed by atoms with van der Waals surface area (Å²) in [6.07, 6.45) is 0. The Morgan fingerprint density at radius 3 is 1.41 bits per heavy atom. The Morgan fingerprint density at radius 1 is 0.682 bits per heavy atom. The third-order valence-corrected chi connectivity index (χ3v) is 2.88. The van der Waals surface area contributed by atoms with E-state index in [0.29, 0.717) is 13.1 Å². The van der Waals surface area contributed by atoms with E-state index < -0.39 is 11.8 Å². The predicted molar refractivity (Wildman–Crippen MR) is 84.4 cm³/mol. The zero-order valence-corrected chi connectivity index (χ0v) is 12.0. The predicted octanol–water partition coefficient (Wildman–Crippen LogP) is 1.62. The van der Waals surface area contributed by atoms with Crippen molar-refractivity contribution < 1.29 is 9.59 Å². The van der Waals surface area contributed by atoms with Gasteiger partial charge in [0.2, 0.25) is 0 Å². The zero-order valence-electron chi connectivity index (χ0n) is 12.0. The lowest BCUT2D eigenvalue weighted by molar-refractivity contribution is -0.117. The SMILES string of the molecule is O=C(C#CC(=O)NCc1ccccc1)NCc1ccccc1. The van der Waals surface area contributed by atoms with Crippen molar-refractivity contribution in [3.63, 3.8) is 0 Å². The highest BCUT2D eigenvalue weighted by Gasteiger charge is 1.99. The molecule has 0 fully saturated rings. The Kier molecular flexibility index (Phi) is 5.77. The van der Waals surface area contributed by atoms with Gasteiger partial charge >= 0.3 is 0 Å². The average molecular weight is 292 g/mol. The third kappa shape index (κ3) is 5.51. The Labute approximate surface area is 129 Å². The summed E-state index contributed by atoms with van der Waals surface area (Å²) in [6, 6.07) is 19.0. The van der Waals surface area contributed by atoms with E-state index in [0.717, 1.165) is 11.1 Å². The first kappa shape index (κ1) is 15.3. The highest BCUT2D eigenvalue weighted by Crippen LogP contribution is 1.97. The molecule has 0 aliphatic rings. The van der Waals surface area contributed by atoms with Crippen LogP contribution in [0.1, 0.15) is 11.1 Å². The molecule has 0 aromatic heterocycles. The van der Waals surface area contributed by atoms with E-state index in [-0.39, 0.29) is 0 Å². The van der Waals surface area contributed by atoms with Crippen LogP contribution in [-0.2, 0) is 22.7 Å². The minimum Gasteiger partial charge on any atom is -0.341 e. The largest absolute Gasteiger partial charge is 0.341 e. The fourth-order valence-corrected chi connectivity index (χ4v) is 1.76. The van der Waals surface area contributed by atoms with Crippen LogP contribution >= 0.6 is 0 Å². The van der Waals surface area contributed by atoms with Gasteiger partial charge in [-0.15, -0.1) is 0 Å². The van der Waals surface area contributed by atoms with Crippen molar-refractivity contribution in [2.24, 2.45) is 0 Å². The Balaban J connectivity index is 1.74. The van der Waals surface area contributed by atoms with Crippen LogP contribution in [0.4, 0.5) is 0 Å². The van der Waals surface area contributed by atoms with Gasteiger partial charge in [-0.2, -0.15) is 0 Å². The summed E-state index contributed by atoms with van der Waals surface area (Å²) in [5, 5.41) is 5.27. The minimum atomic E-state index is -0.473. The van der Waals surface area contributed by atoms with Crippen molar-refractivity contribution in [3.8, 4) is 11.8 Å². The Hall–Kier alpha value is -3.06. The zero-order chi connectivity index (χ0) is 15.6. The normalized spacial score (nSPS) is 9.27. The van der Waals surface area contributed by atoms with E-state index in [1.54, 1.807) is 0 Å². The molecule has 2 N–H and O–H groups in total. The van der Waals surface area contributed by atoms with Crippen LogP contribution in [-0.4, -0.2) is 11.8 Å². The molecular formula is C18H16N2O2. The van der Waals surface area contributed by atoms with Crippen molar-refractivity contribution >= 4 is 11.8 Å². The smallest absolute Gasteiger partial charge is 0.296 e. The molecular weight excluding hydrogens is 276 g/mol. The summed E-state index contributed by atoms with van der Waals surface area (Å²) in [7, 11) is 0. The van der Waals surface area contributed by atoms with Crippen LogP contribution in [0.5, 0.6) is 0 Å². The quantitative estimate of drug-likeness (QED) is 0.841. The van der Waals surface area contributed by atoms with Gasteiger partial charge in [0.15, 0.2) is 0 Å². The maximum Gasteiger partial charge on any atom is 0.296 e. The molecule has 0 aliphatic heterocycles. The number of benzene rings is 2. The number of amides is 2. The van der Waals surface area contributed by atoms with Gasteiger partial charge in [-0.25, -0.2) is 0 Å². The standard InChI is InChI=1S/C18H16N2O2/c21-17(19-13-15-7-3-1-4-8-15)11-12-18(22)20-14-16-9-5-2-6-10-16/h1-10H,13-14H2,(H,19,21)(H,20,22). The van der Waals surface area contributed by atoms with Crippen molar-refractivity contribution in [3.05, 3.63) is 71.8 Å². The summed E-state index contributed by atoms with van der Waals surface area (Å²) in [5.41, 5.74) is 1.96. The maximum absolute atomic E-state index is 11.5. The highest BCUT2D eigenvalue weighted by atomic mass is 16.2. The monoisotopic (exact) mass is 292 g/mol. The molecule has 0 aliphatic carbocycles. The lowest BCUT2D eigenvalue weighted by Crippen LogP contribution is -2.23. The number of carbonyl (C=O) groups excluding carboxylic acids is 2. The lowest BCUT2D eigenvalue weighted by Gasteiger charge is -2.01. The summed E-state index contributed by atoms with van der Waals surface area (Å²) < 4.78 is 0. The van der Waals surface area contributed by atoms with Gasteiger partial charge in [-0.3, -0.25) is 9.59 Å². The molecule has 2 aromatic rings. The molecule has 4 heteroatoms. The second-order valence-electron chi connectivity index (χ2n) is 4.59. The van der Waals surface area contributed by atoms with Crippen molar-refractivity contribution in [1.29, 1.82) is 0 Å². The molecule has 2 aromatic carbocycles. The summed E-state index contributed by atoms with van der Waals surface area (Å²) in [4.78, 5) is 23.1. The van der Waals surface area contributed by atoms with E-state index in [2.05, 4.69) is 22.5 Å². The molecule has 0 unspecified atom stereocenters. The number of hydrogen-bond acceptors (Lipinski definition) is 2. The van der Waals surface area contributed by atoms with Gasteiger partial charge in [0.05, 0.1) is 0 Å². The summed E-state index contributed by atoms with van der Waals surface area (Å²) >= 11 is 0. The average Bonchev–Trinajstić information content (AvgIpc) is 2.58. The molecule has 0 bridgehead atoms. The van der Waals surface area contributed by atoms with E-state index >= 15 is 0 Å². The van der Waals surface area contributed by atoms with E-state index in [1.165, 1.54) is 0 Å². The molecule has 2 rings (SSSR count). The molecule has 0 saturated heterocycles. The molecule has 0 heterocycles. The van der Waals surface area contributed by atoms with Crippen LogP contribution in [0.15, 0.2) is 60.7 Å². The fraction of sp³-hybridized carbons (Fsp3) is 0.111. The number of nitrogens with one attached hydrogen (secondary N) is 2. The molecule has 0 atom stereocenters. The van der Waals surface area contributed by atoms with Crippen molar-refractivity contribution in [2.45, 2.75) is 13.1 Å². The van der Waals surface area contributed by atoms with Crippen molar-refractivity contribution in [2.75, 3.05) is 0 Å². The second-order valence-corrected chi connectivity index (χ2v) is 4.59. The van der Waals surface area contributed by atoms with Gasteiger partial charge in [-0.1, -0.05) is 60.7 Å². The van der Waals surface area contributed by atoms with E-state index in [1.807, 2.05) is 60.7 Å². The Morgan fingerprint density at radius 2 is 1.05 bits per heavy atom. The second kappa shape index (κ2) is 8.28. The first-order valence-corrected chi connectivity index (χ1v) is 6.89. The van der Waals surface area contributed by atoms with Gasteiger partial charge < -0.3 is 10.6 Å². The molecule has 4 nitrogen and oxygen atoms in total. The van der Waals surface area contributed by atoms with Gasteiger partial charge in [0.25, 0.3) is 11.8 Å². The number of carbonyl (C=O) groups is 2. The third-order valence-electron chi connectivity index (χ3n) is 2.88.